The first-order valence-corrected chi connectivity index (χ1v) is 6.91. The van der Waals surface area contributed by atoms with E-state index in [1.165, 1.54) is 0 Å². The third kappa shape index (κ3) is 2.17. The normalized spacial score (nSPS) is 24.2. The summed E-state index contributed by atoms with van der Waals surface area (Å²) >= 11 is 6.11. The number of ether oxygens (including phenoxy) is 4. The number of hydrogen-bond donors (Lipinski definition) is 0. The Morgan fingerprint density at radius 3 is 1.21 bits per heavy atom. The fourth-order valence-corrected chi connectivity index (χ4v) is 2.86. The summed E-state index contributed by atoms with van der Waals surface area (Å²) in [4.78, 5) is 0. The highest BCUT2D eigenvalue weighted by Gasteiger charge is 2.88. The predicted octanol–water partition coefficient (Wildman–Crippen LogP) is 2.78. The molecule has 0 heterocycles. The first-order valence-electron chi connectivity index (χ1n) is 6.47. The van der Waals surface area contributed by atoms with E-state index >= 15 is 0 Å². The van der Waals surface area contributed by atoms with Crippen molar-refractivity contribution in [3.05, 3.63) is 0 Å². The molecule has 7 heteroatoms. The molecule has 1 aliphatic rings. The molecule has 1 saturated carbocycles. The Bertz CT molecular complexity index is 263. The quantitative estimate of drug-likeness (QED) is 0.510. The summed E-state index contributed by atoms with van der Waals surface area (Å²) in [6.45, 7) is 6.59. The Morgan fingerprint density at radius 1 is 0.789 bits per heavy atom. The van der Waals surface area contributed by atoms with Crippen molar-refractivity contribution >= 4 is 11.6 Å². The van der Waals surface area contributed by atoms with E-state index in [-0.39, 0.29) is 26.4 Å². The lowest BCUT2D eigenvalue weighted by Crippen LogP contribution is -2.86. The van der Waals surface area contributed by atoms with Crippen LogP contribution < -0.4 is 0 Å². The molecule has 0 radical (unpaired) electrons. The minimum atomic E-state index is -3.50. The van der Waals surface area contributed by atoms with Crippen LogP contribution >= 0.6 is 11.6 Å². The lowest BCUT2D eigenvalue weighted by atomic mass is 9.77. The maximum atomic E-state index is 14.6. The molecule has 0 aliphatic heterocycles. The van der Waals surface area contributed by atoms with E-state index < -0.39 is 22.9 Å². The van der Waals surface area contributed by atoms with Crippen molar-refractivity contribution in [2.45, 2.75) is 50.6 Å². The van der Waals surface area contributed by atoms with Crippen LogP contribution in [-0.4, -0.2) is 49.3 Å². The van der Waals surface area contributed by atoms with Gasteiger partial charge in [0.15, 0.2) is 5.38 Å². The van der Waals surface area contributed by atoms with Gasteiger partial charge in [-0.3, -0.25) is 0 Å². The van der Waals surface area contributed by atoms with Crippen molar-refractivity contribution in [3.8, 4) is 0 Å². The summed E-state index contributed by atoms with van der Waals surface area (Å²) in [7, 11) is 0. The maximum Gasteiger partial charge on any atom is 0.356 e. The van der Waals surface area contributed by atoms with Crippen molar-refractivity contribution in [1.29, 1.82) is 0 Å². The standard InChI is InChI=1S/C12H21ClF2O4/c1-5-16-10(17-6-2)9(13)11(18-7-3,19-8-4)12(10,14)15/h9H,5-8H2,1-4H3. The Labute approximate surface area is 117 Å². The monoisotopic (exact) mass is 302 g/mol. The second-order valence-corrected chi connectivity index (χ2v) is 4.44. The molecule has 0 bridgehead atoms. The zero-order valence-electron chi connectivity index (χ0n) is 11.7. The van der Waals surface area contributed by atoms with Crippen LogP contribution in [0.25, 0.3) is 0 Å². The summed E-state index contributed by atoms with van der Waals surface area (Å²) < 4.78 is 49.7. The highest BCUT2D eigenvalue weighted by atomic mass is 35.5. The zero-order valence-corrected chi connectivity index (χ0v) is 12.4. The van der Waals surface area contributed by atoms with Crippen LogP contribution in [-0.2, 0) is 18.9 Å². The molecule has 0 spiro atoms. The minimum absolute atomic E-state index is 0.0487. The van der Waals surface area contributed by atoms with E-state index in [1.54, 1.807) is 27.7 Å². The van der Waals surface area contributed by atoms with Crippen LogP contribution in [0.15, 0.2) is 0 Å². The number of alkyl halides is 3. The van der Waals surface area contributed by atoms with E-state index in [1.807, 2.05) is 0 Å². The van der Waals surface area contributed by atoms with Crippen molar-refractivity contribution in [1.82, 2.24) is 0 Å². The third-order valence-corrected chi connectivity index (χ3v) is 3.55. The molecule has 1 fully saturated rings. The first-order chi connectivity index (χ1) is 8.90. The van der Waals surface area contributed by atoms with Crippen LogP contribution in [0.1, 0.15) is 27.7 Å². The predicted molar refractivity (Wildman–Crippen MR) is 66.6 cm³/mol. The van der Waals surface area contributed by atoms with Crippen molar-refractivity contribution in [2.75, 3.05) is 26.4 Å². The van der Waals surface area contributed by atoms with Crippen molar-refractivity contribution < 1.29 is 27.7 Å². The molecule has 0 aromatic heterocycles. The summed E-state index contributed by atoms with van der Waals surface area (Å²) in [6, 6.07) is 0. The van der Waals surface area contributed by atoms with Crippen LogP contribution in [0, 0.1) is 0 Å². The van der Waals surface area contributed by atoms with Crippen molar-refractivity contribution in [3.63, 3.8) is 0 Å². The van der Waals surface area contributed by atoms with Crippen LogP contribution in [0.2, 0.25) is 0 Å². The van der Waals surface area contributed by atoms with Crippen molar-refractivity contribution in [2.24, 2.45) is 0 Å². The lowest BCUT2D eigenvalue weighted by Gasteiger charge is -2.61. The molecule has 0 amide bonds. The average molecular weight is 303 g/mol. The molecule has 19 heavy (non-hydrogen) atoms. The second-order valence-electron chi connectivity index (χ2n) is 4.00. The maximum absolute atomic E-state index is 14.6. The molecule has 4 nitrogen and oxygen atoms in total. The molecule has 114 valence electrons. The van der Waals surface area contributed by atoms with Crippen LogP contribution in [0.4, 0.5) is 8.78 Å². The molecule has 0 aromatic carbocycles. The van der Waals surface area contributed by atoms with Gasteiger partial charge >= 0.3 is 5.92 Å². The van der Waals surface area contributed by atoms with Gasteiger partial charge in [-0.1, -0.05) is 0 Å². The van der Waals surface area contributed by atoms with Gasteiger partial charge in [0, 0.05) is 26.4 Å². The Balaban J connectivity index is 3.13. The molecule has 0 atom stereocenters. The van der Waals surface area contributed by atoms with Gasteiger partial charge in [-0.15, -0.1) is 11.6 Å². The number of halogens is 3. The topological polar surface area (TPSA) is 36.9 Å². The van der Waals surface area contributed by atoms with E-state index in [0.29, 0.717) is 0 Å². The molecule has 1 rings (SSSR count). The van der Waals surface area contributed by atoms with Gasteiger partial charge < -0.3 is 18.9 Å². The largest absolute Gasteiger partial charge is 0.356 e. The van der Waals surface area contributed by atoms with Gasteiger partial charge in [-0.25, -0.2) is 0 Å². The Morgan fingerprint density at radius 2 is 1.05 bits per heavy atom. The van der Waals surface area contributed by atoms with E-state index in [2.05, 4.69) is 0 Å². The van der Waals surface area contributed by atoms with E-state index in [9.17, 15) is 8.78 Å². The summed E-state index contributed by atoms with van der Waals surface area (Å²) in [5, 5.41) is -1.25. The highest BCUT2D eigenvalue weighted by Crippen LogP contribution is 2.62. The molecule has 1 aliphatic carbocycles. The van der Waals surface area contributed by atoms with Crippen LogP contribution in [0.5, 0.6) is 0 Å². The number of hydrogen-bond acceptors (Lipinski definition) is 4. The van der Waals surface area contributed by atoms with Gasteiger partial charge in [0.2, 0.25) is 0 Å². The second kappa shape index (κ2) is 6.18. The summed E-state index contributed by atoms with van der Waals surface area (Å²) in [6.07, 6.45) is 0. The summed E-state index contributed by atoms with van der Waals surface area (Å²) in [5.74, 6) is -7.91. The molecule has 0 aromatic rings. The van der Waals surface area contributed by atoms with Gasteiger partial charge in [-0.2, -0.15) is 8.78 Å². The fraction of sp³-hybridized carbons (Fsp3) is 1.00. The third-order valence-electron chi connectivity index (χ3n) is 2.98. The summed E-state index contributed by atoms with van der Waals surface area (Å²) in [5.41, 5.74) is 0. The molecule has 0 saturated heterocycles. The Hall–Kier alpha value is -0.0100. The Kier molecular flexibility index (Phi) is 5.54. The molecular weight excluding hydrogens is 282 g/mol. The van der Waals surface area contributed by atoms with Gasteiger partial charge in [0.1, 0.15) is 0 Å². The fourth-order valence-electron chi connectivity index (χ4n) is 2.33. The lowest BCUT2D eigenvalue weighted by molar-refractivity contribution is -0.508. The first kappa shape index (κ1) is 17.0. The SMILES string of the molecule is CCOC1(OCC)C(Cl)C(OCC)(OCC)C1(F)F. The van der Waals surface area contributed by atoms with Crippen LogP contribution in [0.3, 0.4) is 0 Å². The van der Waals surface area contributed by atoms with Gasteiger partial charge in [0.25, 0.3) is 11.6 Å². The van der Waals surface area contributed by atoms with Gasteiger partial charge in [0.05, 0.1) is 0 Å². The molecule has 0 N–H and O–H groups in total. The average Bonchev–Trinajstić information content (AvgIpc) is 2.36. The smallest absolute Gasteiger partial charge is 0.344 e. The van der Waals surface area contributed by atoms with E-state index in [4.69, 9.17) is 30.5 Å². The minimum Gasteiger partial charge on any atom is -0.344 e. The zero-order chi connectivity index (χ0) is 14.7. The van der Waals surface area contributed by atoms with E-state index in [0.717, 1.165) is 0 Å². The molecule has 0 unspecified atom stereocenters. The highest BCUT2D eigenvalue weighted by molar-refractivity contribution is 6.23. The van der Waals surface area contributed by atoms with Gasteiger partial charge in [-0.05, 0) is 27.7 Å². The number of rotatable bonds is 8. The molecular formula is C12H21ClF2O4.